The lowest BCUT2D eigenvalue weighted by molar-refractivity contribution is -0.192. The number of carboxylic acids is 1. The van der Waals surface area contributed by atoms with E-state index >= 15 is 0 Å². The Morgan fingerprint density at radius 2 is 1.68 bits per heavy atom. The Morgan fingerprint density at radius 1 is 1.03 bits per heavy atom. The third-order valence-electron chi connectivity index (χ3n) is 5.19. The molecule has 0 radical (unpaired) electrons. The molecule has 1 atom stereocenters. The molecule has 2 aliphatic heterocycles. The van der Waals surface area contributed by atoms with Crippen molar-refractivity contribution in [2.75, 3.05) is 18.4 Å². The molecular weight excluding hydrogens is 453 g/mol. The van der Waals surface area contributed by atoms with Gasteiger partial charge < -0.3 is 20.5 Å². The number of para-hydroxylation sites is 1. The molecule has 2 aromatic carbocycles. The number of ketones is 1. The van der Waals surface area contributed by atoms with Crippen LogP contribution in [0.5, 0.6) is 11.5 Å². The molecule has 0 fully saturated rings. The summed E-state index contributed by atoms with van der Waals surface area (Å²) in [5, 5.41) is 20.7. The highest BCUT2D eigenvalue weighted by Crippen LogP contribution is 2.42. The summed E-state index contributed by atoms with van der Waals surface area (Å²) in [5.74, 6) is -0.437. The third-order valence-corrected chi connectivity index (χ3v) is 5.19. The number of alkyl halides is 3. The predicted molar refractivity (Wildman–Crippen MR) is 116 cm³/mol. The average Bonchev–Trinajstić information content (AvgIpc) is 3.27. The van der Waals surface area contributed by atoms with Crippen LogP contribution in [0.2, 0.25) is 0 Å². The first-order chi connectivity index (χ1) is 16.2. The SMILES string of the molecule is O=C(O)C(F)(F)F.O=C1CNCC2=C1C(c1ccc(Oc3ccccc3)cc1)c1c[nH]nc1N2. The number of nitrogens with zero attached hydrogens (tertiary/aromatic N) is 1. The second-order valence-corrected chi connectivity index (χ2v) is 7.45. The molecule has 0 aliphatic carbocycles. The molecule has 176 valence electrons. The number of nitrogens with one attached hydrogen (secondary N) is 3. The molecule has 0 saturated carbocycles. The van der Waals surface area contributed by atoms with E-state index < -0.39 is 12.1 Å². The second-order valence-electron chi connectivity index (χ2n) is 7.45. The van der Waals surface area contributed by atoms with Crippen molar-refractivity contribution < 1.29 is 32.6 Å². The maximum atomic E-state index is 12.6. The average molecular weight is 472 g/mol. The van der Waals surface area contributed by atoms with Crippen LogP contribution in [0.3, 0.4) is 0 Å². The van der Waals surface area contributed by atoms with Crippen LogP contribution in [0.25, 0.3) is 0 Å². The largest absolute Gasteiger partial charge is 0.490 e. The van der Waals surface area contributed by atoms with Crippen LogP contribution in [-0.4, -0.2) is 46.3 Å². The highest BCUT2D eigenvalue weighted by atomic mass is 19.4. The van der Waals surface area contributed by atoms with Gasteiger partial charge in [-0.15, -0.1) is 0 Å². The fourth-order valence-corrected chi connectivity index (χ4v) is 3.72. The van der Waals surface area contributed by atoms with Crippen molar-refractivity contribution in [2.24, 2.45) is 0 Å². The maximum Gasteiger partial charge on any atom is 0.490 e. The number of halogens is 3. The fraction of sp³-hybridized carbons (Fsp3) is 0.174. The maximum absolute atomic E-state index is 12.6. The summed E-state index contributed by atoms with van der Waals surface area (Å²) < 4.78 is 37.6. The van der Waals surface area contributed by atoms with E-state index in [4.69, 9.17) is 14.6 Å². The minimum absolute atomic E-state index is 0.116. The number of aromatic nitrogens is 2. The minimum Gasteiger partial charge on any atom is -0.475 e. The zero-order valence-electron chi connectivity index (χ0n) is 17.5. The van der Waals surface area contributed by atoms with E-state index in [9.17, 15) is 18.0 Å². The van der Waals surface area contributed by atoms with E-state index in [1.807, 2.05) is 60.8 Å². The number of carbonyl (C=O) groups is 2. The number of H-pyrrole nitrogens is 1. The van der Waals surface area contributed by atoms with Crippen molar-refractivity contribution in [3.8, 4) is 11.5 Å². The summed E-state index contributed by atoms with van der Waals surface area (Å²) in [7, 11) is 0. The Balaban J connectivity index is 0.000000344. The Bertz CT molecular complexity index is 1220. The van der Waals surface area contributed by atoms with E-state index in [1.165, 1.54) is 0 Å². The number of Topliss-reactive ketones (excluding diaryl/α,β-unsaturated/α-hetero) is 1. The second kappa shape index (κ2) is 9.40. The number of anilines is 1. The first-order valence-corrected chi connectivity index (χ1v) is 10.1. The molecule has 8 nitrogen and oxygen atoms in total. The molecular formula is C23H19F3N4O4. The minimum atomic E-state index is -5.08. The quantitative estimate of drug-likeness (QED) is 0.458. The molecule has 0 saturated heterocycles. The van der Waals surface area contributed by atoms with Crippen LogP contribution in [0, 0.1) is 0 Å². The van der Waals surface area contributed by atoms with E-state index in [0.717, 1.165) is 39.7 Å². The Morgan fingerprint density at radius 3 is 2.32 bits per heavy atom. The first kappa shape index (κ1) is 23.1. The molecule has 2 aliphatic rings. The molecule has 0 amide bonds. The van der Waals surface area contributed by atoms with Crippen molar-refractivity contribution in [3.05, 3.63) is 83.2 Å². The lowest BCUT2D eigenvalue weighted by atomic mass is 9.80. The number of aliphatic carboxylic acids is 1. The van der Waals surface area contributed by atoms with Crippen molar-refractivity contribution in [1.82, 2.24) is 15.5 Å². The van der Waals surface area contributed by atoms with Gasteiger partial charge in [-0.2, -0.15) is 18.3 Å². The number of benzene rings is 2. The van der Waals surface area contributed by atoms with Crippen molar-refractivity contribution >= 4 is 17.6 Å². The Kier molecular flexibility index (Phi) is 6.37. The topological polar surface area (TPSA) is 116 Å². The smallest absolute Gasteiger partial charge is 0.475 e. The highest BCUT2D eigenvalue weighted by Gasteiger charge is 2.38. The van der Waals surface area contributed by atoms with Gasteiger partial charge in [0, 0.05) is 35.5 Å². The monoisotopic (exact) mass is 472 g/mol. The zero-order valence-corrected chi connectivity index (χ0v) is 17.5. The van der Waals surface area contributed by atoms with Gasteiger partial charge in [0.15, 0.2) is 11.6 Å². The van der Waals surface area contributed by atoms with Crippen LogP contribution in [0.15, 0.2) is 72.1 Å². The van der Waals surface area contributed by atoms with E-state index in [1.54, 1.807) is 0 Å². The number of hydrogen-bond acceptors (Lipinski definition) is 6. The summed E-state index contributed by atoms with van der Waals surface area (Å²) in [6.07, 6.45) is -3.22. The number of aromatic amines is 1. The number of carboxylic acid groups (broad SMARTS) is 1. The first-order valence-electron chi connectivity index (χ1n) is 10.1. The summed E-state index contributed by atoms with van der Waals surface area (Å²) in [6.45, 7) is 0.998. The number of hydrogen-bond donors (Lipinski definition) is 4. The molecule has 1 aromatic heterocycles. The molecule has 5 rings (SSSR count). The zero-order chi connectivity index (χ0) is 24.3. The van der Waals surface area contributed by atoms with Gasteiger partial charge >= 0.3 is 12.1 Å². The van der Waals surface area contributed by atoms with E-state index in [2.05, 4.69) is 20.8 Å². The molecule has 1 unspecified atom stereocenters. The molecule has 0 spiro atoms. The normalized spacial score (nSPS) is 17.0. The van der Waals surface area contributed by atoms with Gasteiger partial charge in [-0.1, -0.05) is 30.3 Å². The lowest BCUT2D eigenvalue weighted by Gasteiger charge is -2.31. The van der Waals surface area contributed by atoms with Crippen LogP contribution < -0.4 is 15.4 Å². The summed E-state index contributed by atoms with van der Waals surface area (Å²) in [5.41, 5.74) is 3.75. The number of ether oxygens (including phenoxy) is 1. The summed E-state index contributed by atoms with van der Waals surface area (Å²) >= 11 is 0. The van der Waals surface area contributed by atoms with Gasteiger partial charge in [0.1, 0.15) is 11.5 Å². The third kappa shape index (κ3) is 4.94. The Labute approximate surface area is 191 Å². The molecule has 3 aromatic rings. The molecule has 11 heteroatoms. The van der Waals surface area contributed by atoms with Gasteiger partial charge in [0.05, 0.1) is 6.54 Å². The standard InChI is InChI=1S/C21H18N4O2.C2HF3O2/c26-18-12-22-11-17-20(18)19(16-10-23-25-21(16)24-17)13-6-8-15(9-7-13)27-14-4-2-1-3-5-14;3-2(4,5)1(6)7/h1-10,19,22H,11-12H2,(H2,23,24,25);(H,6,7). The number of carbonyl (C=O) groups excluding carboxylic acids is 1. The van der Waals surface area contributed by atoms with Crippen molar-refractivity contribution in [3.63, 3.8) is 0 Å². The van der Waals surface area contributed by atoms with Gasteiger partial charge in [-0.3, -0.25) is 9.89 Å². The van der Waals surface area contributed by atoms with E-state index in [-0.39, 0.29) is 11.7 Å². The number of rotatable bonds is 3. The van der Waals surface area contributed by atoms with Gasteiger partial charge in [0.2, 0.25) is 0 Å². The van der Waals surface area contributed by atoms with Crippen LogP contribution in [0.4, 0.5) is 19.0 Å². The molecule has 0 bridgehead atoms. The highest BCUT2D eigenvalue weighted by molar-refractivity contribution is 6.02. The molecule has 4 N–H and O–H groups in total. The molecule has 34 heavy (non-hydrogen) atoms. The summed E-state index contributed by atoms with van der Waals surface area (Å²) in [6, 6.07) is 17.6. The van der Waals surface area contributed by atoms with Crippen LogP contribution in [0.1, 0.15) is 17.0 Å². The Hall–Kier alpha value is -4.12. The lowest BCUT2D eigenvalue weighted by Crippen LogP contribution is -2.39. The van der Waals surface area contributed by atoms with Crippen molar-refractivity contribution in [2.45, 2.75) is 12.1 Å². The van der Waals surface area contributed by atoms with Crippen LogP contribution in [-0.2, 0) is 9.59 Å². The van der Waals surface area contributed by atoms with Crippen LogP contribution >= 0.6 is 0 Å². The molecule has 3 heterocycles. The summed E-state index contributed by atoms with van der Waals surface area (Å²) in [4.78, 5) is 21.5. The number of fused-ring (bicyclic) bond motifs is 1. The predicted octanol–water partition coefficient (Wildman–Crippen LogP) is 3.82. The van der Waals surface area contributed by atoms with Gasteiger partial charge in [0.25, 0.3) is 0 Å². The van der Waals surface area contributed by atoms with Gasteiger partial charge in [-0.25, -0.2) is 4.79 Å². The van der Waals surface area contributed by atoms with Crippen molar-refractivity contribution in [1.29, 1.82) is 0 Å². The van der Waals surface area contributed by atoms with Gasteiger partial charge in [-0.05, 0) is 29.8 Å². The fourth-order valence-electron chi connectivity index (χ4n) is 3.72. The van der Waals surface area contributed by atoms with E-state index in [0.29, 0.717) is 13.1 Å².